The van der Waals surface area contributed by atoms with Crippen LogP contribution in [0.4, 0.5) is 36.2 Å². The molecular weight excluding hydrogens is 341 g/mol. The molecular formula is C19H17F3N4. The topological polar surface area (TPSA) is 49.8 Å². The Morgan fingerprint density at radius 2 is 1.38 bits per heavy atom. The Morgan fingerprint density at radius 3 is 1.96 bits per heavy atom. The number of nitrogens with one attached hydrogen (secondary N) is 2. The van der Waals surface area contributed by atoms with Crippen LogP contribution in [0.25, 0.3) is 0 Å². The number of halogens is 3. The van der Waals surface area contributed by atoms with E-state index in [0.29, 0.717) is 23.1 Å². The van der Waals surface area contributed by atoms with E-state index in [-0.39, 0.29) is 0 Å². The summed E-state index contributed by atoms with van der Waals surface area (Å²) in [7, 11) is 0. The summed E-state index contributed by atoms with van der Waals surface area (Å²) >= 11 is 0. The maximum absolute atomic E-state index is 12.6. The summed E-state index contributed by atoms with van der Waals surface area (Å²) < 4.78 is 37.9. The van der Waals surface area contributed by atoms with Crippen molar-refractivity contribution in [3.8, 4) is 0 Å². The SMILES string of the molecule is Cc1cccc(Nc2cc(Nc3ccc(C(F)(F)F)cc3)nc(C)n2)c1. The minimum Gasteiger partial charge on any atom is -0.340 e. The average molecular weight is 358 g/mol. The summed E-state index contributed by atoms with van der Waals surface area (Å²) in [6.45, 7) is 3.74. The molecule has 0 unspecified atom stereocenters. The van der Waals surface area contributed by atoms with Gasteiger partial charge in [-0.2, -0.15) is 13.2 Å². The van der Waals surface area contributed by atoms with Gasteiger partial charge in [0.05, 0.1) is 5.56 Å². The second kappa shape index (κ2) is 7.03. The van der Waals surface area contributed by atoms with Crippen LogP contribution in [-0.4, -0.2) is 9.97 Å². The Labute approximate surface area is 149 Å². The second-order valence-corrected chi connectivity index (χ2v) is 5.88. The third-order valence-corrected chi connectivity index (χ3v) is 3.61. The summed E-state index contributed by atoms with van der Waals surface area (Å²) in [5.41, 5.74) is 1.83. The summed E-state index contributed by atoms with van der Waals surface area (Å²) in [5, 5.41) is 6.20. The molecule has 0 spiro atoms. The number of nitrogens with zero attached hydrogens (tertiary/aromatic N) is 2. The molecule has 4 nitrogen and oxygen atoms in total. The standard InChI is InChI=1S/C19H17F3N4/c1-12-4-3-5-16(10-12)26-18-11-17(23-13(2)24-18)25-15-8-6-14(7-9-15)19(20,21)22/h3-11H,1-2H3,(H2,23,24,25,26). The molecule has 1 aromatic heterocycles. The molecule has 3 aromatic rings. The highest BCUT2D eigenvalue weighted by molar-refractivity contribution is 5.63. The van der Waals surface area contributed by atoms with Gasteiger partial charge in [-0.15, -0.1) is 0 Å². The van der Waals surface area contributed by atoms with Crippen molar-refractivity contribution in [1.29, 1.82) is 0 Å². The molecule has 0 fully saturated rings. The summed E-state index contributed by atoms with van der Waals surface area (Å²) in [6.07, 6.45) is -4.35. The number of rotatable bonds is 4. The van der Waals surface area contributed by atoms with Gasteiger partial charge in [0.1, 0.15) is 17.5 Å². The smallest absolute Gasteiger partial charge is 0.340 e. The average Bonchev–Trinajstić information content (AvgIpc) is 2.54. The van der Waals surface area contributed by atoms with E-state index < -0.39 is 11.7 Å². The lowest BCUT2D eigenvalue weighted by Crippen LogP contribution is -2.05. The van der Waals surface area contributed by atoms with E-state index in [9.17, 15) is 13.2 Å². The molecule has 3 rings (SSSR count). The maximum atomic E-state index is 12.6. The molecule has 0 saturated heterocycles. The fourth-order valence-corrected chi connectivity index (χ4v) is 2.46. The molecule has 0 radical (unpaired) electrons. The first-order valence-electron chi connectivity index (χ1n) is 7.93. The molecule has 1 heterocycles. The zero-order chi connectivity index (χ0) is 18.7. The first-order valence-corrected chi connectivity index (χ1v) is 7.93. The van der Waals surface area contributed by atoms with E-state index in [2.05, 4.69) is 20.6 Å². The van der Waals surface area contributed by atoms with Gasteiger partial charge in [0.2, 0.25) is 0 Å². The first kappa shape index (κ1) is 17.7. The van der Waals surface area contributed by atoms with Crippen LogP contribution in [0.2, 0.25) is 0 Å². The monoisotopic (exact) mass is 358 g/mol. The minimum atomic E-state index is -4.35. The number of benzene rings is 2. The van der Waals surface area contributed by atoms with Gasteiger partial charge in [-0.05, 0) is 55.8 Å². The zero-order valence-corrected chi connectivity index (χ0v) is 14.2. The molecule has 0 aliphatic rings. The Morgan fingerprint density at radius 1 is 0.769 bits per heavy atom. The highest BCUT2D eigenvalue weighted by Crippen LogP contribution is 2.30. The molecule has 0 aliphatic heterocycles. The van der Waals surface area contributed by atoms with E-state index in [1.807, 2.05) is 31.2 Å². The van der Waals surface area contributed by atoms with Gasteiger partial charge in [0, 0.05) is 17.4 Å². The minimum absolute atomic E-state index is 0.493. The fourth-order valence-electron chi connectivity index (χ4n) is 2.46. The van der Waals surface area contributed by atoms with Gasteiger partial charge in [-0.3, -0.25) is 0 Å². The fraction of sp³-hybridized carbons (Fsp3) is 0.158. The molecule has 2 aromatic carbocycles. The number of alkyl halides is 3. The van der Waals surface area contributed by atoms with Crippen LogP contribution in [0.1, 0.15) is 17.0 Å². The van der Waals surface area contributed by atoms with Crippen molar-refractivity contribution in [3.63, 3.8) is 0 Å². The number of aromatic nitrogens is 2. The van der Waals surface area contributed by atoms with Gasteiger partial charge in [-0.1, -0.05) is 12.1 Å². The van der Waals surface area contributed by atoms with Crippen molar-refractivity contribution in [2.75, 3.05) is 10.6 Å². The molecule has 0 saturated carbocycles. The van der Waals surface area contributed by atoms with E-state index in [1.54, 1.807) is 13.0 Å². The molecule has 26 heavy (non-hydrogen) atoms. The van der Waals surface area contributed by atoms with Crippen molar-refractivity contribution < 1.29 is 13.2 Å². The third-order valence-electron chi connectivity index (χ3n) is 3.61. The second-order valence-electron chi connectivity index (χ2n) is 5.88. The lowest BCUT2D eigenvalue weighted by molar-refractivity contribution is -0.137. The Hall–Kier alpha value is -3.09. The van der Waals surface area contributed by atoms with Gasteiger partial charge in [-0.25, -0.2) is 9.97 Å². The van der Waals surface area contributed by atoms with E-state index >= 15 is 0 Å². The highest BCUT2D eigenvalue weighted by Gasteiger charge is 2.29. The maximum Gasteiger partial charge on any atom is 0.416 e. The lowest BCUT2D eigenvalue weighted by atomic mass is 10.2. The van der Waals surface area contributed by atoms with Crippen molar-refractivity contribution in [2.45, 2.75) is 20.0 Å². The first-order chi connectivity index (χ1) is 12.3. The predicted molar refractivity (Wildman–Crippen MR) is 96.0 cm³/mol. The summed E-state index contributed by atoms with van der Waals surface area (Å²) in [5.74, 6) is 1.63. The van der Waals surface area contributed by atoms with Crippen LogP contribution in [0.15, 0.2) is 54.6 Å². The normalized spacial score (nSPS) is 11.3. The summed E-state index contributed by atoms with van der Waals surface area (Å²) in [6, 6.07) is 14.3. The third kappa shape index (κ3) is 4.50. The van der Waals surface area contributed by atoms with Crippen LogP contribution >= 0.6 is 0 Å². The quantitative estimate of drug-likeness (QED) is 0.637. The molecule has 2 N–H and O–H groups in total. The Kier molecular flexibility index (Phi) is 4.79. The molecule has 134 valence electrons. The van der Waals surface area contributed by atoms with E-state index in [4.69, 9.17) is 0 Å². The van der Waals surface area contributed by atoms with Crippen molar-refractivity contribution >= 4 is 23.0 Å². The van der Waals surface area contributed by atoms with Crippen LogP contribution in [0.3, 0.4) is 0 Å². The number of aryl methyl sites for hydroxylation is 2. The van der Waals surface area contributed by atoms with Crippen molar-refractivity contribution in [3.05, 3.63) is 71.5 Å². The van der Waals surface area contributed by atoms with Crippen LogP contribution in [-0.2, 0) is 6.18 Å². The van der Waals surface area contributed by atoms with Gasteiger partial charge in [0.15, 0.2) is 0 Å². The largest absolute Gasteiger partial charge is 0.416 e. The number of hydrogen-bond donors (Lipinski definition) is 2. The predicted octanol–water partition coefficient (Wildman–Crippen LogP) is 5.60. The van der Waals surface area contributed by atoms with Crippen LogP contribution in [0.5, 0.6) is 0 Å². The van der Waals surface area contributed by atoms with Gasteiger partial charge >= 0.3 is 6.18 Å². The van der Waals surface area contributed by atoms with Crippen molar-refractivity contribution in [1.82, 2.24) is 9.97 Å². The van der Waals surface area contributed by atoms with Crippen molar-refractivity contribution in [2.24, 2.45) is 0 Å². The number of hydrogen-bond acceptors (Lipinski definition) is 4. The molecule has 0 aliphatic carbocycles. The highest BCUT2D eigenvalue weighted by atomic mass is 19.4. The van der Waals surface area contributed by atoms with Gasteiger partial charge in [0.25, 0.3) is 0 Å². The summed E-state index contributed by atoms with van der Waals surface area (Å²) in [4.78, 5) is 8.61. The van der Waals surface area contributed by atoms with E-state index in [0.717, 1.165) is 23.4 Å². The number of anilines is 4. The zero-order valence-electron chi connectivity index (χ0n) is 14.2. The lowest BCUT2D eigenvalue weighted by Gasteiger charge is -2.11. The van der Waals surface area contributed by atoms with Crippen LogP contribution in [0, 0.1) is 13.8 Å². The molecule has 0 atom stereocenters. The molecule has 0 bridgehead atoms. The Bertz CT molecular complexity index is 905. The van der Waals surface area contributed by atoms with E-state index in [1.165, 1.54) is 12.1 Å². The van der Waals surface area contributed by atoms with Gasteiger partial charge < -0.3 is 10.6 Å². The van der Waals surface area contributed by atoms with Crippen LogP contribution < -0.4 is 10.6 Å². The molecule has 0 amide bonds. The Balaban J connectivity index is 1.79. The molecule has 7 heteroatoms.